The van der Waals surface area contributed by atoms with E-state index in [0.717, 1.165) is 25.2 Å². The van der Waals surface area contributed by atoms with Crippen LogP contribution in [0, 0.1) is 5.92 Å². The topological polar surface area (TPSA) is 109 Å². The van der Waals surface area contributed by atoms with Gasteiger partial charge >= 0.3 is 0 Å². The normalized spacial score (nSPS) is 16.6. The van der Waals surface area contributed by atoms with E-state index in [-0.39, 0.29) is 29.6 Å². The molecule has 0 saturated heterocycles. The van der Waals surface area contributed by atoms with Gasteiger partial charge in [-0.05, 0) is 56.2 Å². The number of hydrogen-bond donors (Lipinski definition) is 1. The number of benzene rings is 1. The minimum Gasteiger partial charge on any atom is -0.353 e. The number of rotatable bonds is 11. The first-order valence-corrected chi connectivity index (χ1v) is 14.3. The number of carbonyl (C=O) groups is 2. The van der Waals surface area contributed by atoms with Crippen LogP contribution in [0.5, 0.6) is 0 Å². The van der Waals surface area contributed by atoms with Crippen molar-refractivity contribution >= 4 is 33.0 Å². The standard InChI is InChI=1S/C26H34N4O4S/c1-19(31)13-14-35(33,34)17-21-9-11-22(12-10-21)29-26(32)24-15-25(28-18-27-24)30(16-20-7-8-20)23-5-3-2-4-6-23/h9-12,15,18,20,23H,2-8,13-14,16-17H2,1H3,(H,29,32). The van der Waals surface area contributed by atoms with Crippen LogP contribution in [0.2, 0.25) is 0 Å². The molecule has 1 aromatic carbocycles. The number of amides is 1. The molecule has 0 bridgehead atoms. The predicted molar refractivity (Wildman–Crippen MR) is 136 cm³/mol. The van der Waals surface area contributed by atoms with Gasteiger partial charge in [-0.3, -0.25) is 9.59 Å². The van der Waals surface area contributed by atoms with Gasteiger partial charge < -0.3 is 10.2 Å². The van der Waals surface area contributed by atoms with Gasteiger partial charge in [0.1, 0.15) is 23.6 Å². The van der Waals surface area contributed by atoms with E-state index < -0.39 is 9.84 Å². The molecule has 1 aromatic heterocycles. The molecule has 0 aliphatic heterocycles. The molecule has 0 unspecified atom stereocenters. The lowest BCUT2D eigenvalue weighted by Crippen LogP contribution is -2.39. The lowest BCUT2D eigenvalue weighted by molar-refractivity contribution is -0.116. The van der Waals surface area contributed by atoms with Crippen molar-refractivity contribution in [3.05, 3.63) is 47.9 Å². The van der Waals surface area contributed by atoms with Crippen LogP contribution in [-0.4, -0.2) is 48.4 Å². The van der Waals surface area contributed by atoms with Gasteiger partial charge in [-0.15, -0.1) is 0 Å². The molecule has 2 saturated carbocycles. The number of ketones is 1. The third kappa shape index (κ3) is 7.59. The van der Waals surface area contributed by atoms with Gasteiger partial charge in [-0.1, -0.05) is 31.4 Å². The summed E-state index contributed by atoms with van der Waals surface area (Å²) >= 11 is 0. The van der Waals surface area contributed by atoms with Crippen molar-refractivity contribution in [1.29, 1.82) is 0 Å². The quantitative estimate of drug-likeness (QED) is 0.495. The van der Waals surface area contributed by atoms with Gasteiger partial charge in [-0.2, -0.15) is 0 Å². The zero-order chi connectivity index (χ0) is 24.8. The summed E-state index contributed by atoms with van der Waals surface area (Å²) in [4.78, 5) is 35.1. The van der Waals surface area contributed by atoms with Crippen molar-refractivity contribution < 1.29 is 18.0 Å². The Hall–Kier alpha value is -2.81. The van der Waals surface area contributed by atoms with Crippen LogP contribution in [0.4, 0.5) is 11.5 Å². The smallest absolute Gasteiger partial charge is 0.274 e. The summed E-state index contributed by atoms with van der Waals surface area (Å²) in [6.07, 6.45) is 10.1. The van der Waals surface area contributed by atoms with E-state index in [1.807, 2.05) is 0 Å². The van der Waals surface area contributed by atoms with Crippen LogP contribution in [0.25, 0.3) is 0 Å². The number of nitrogens with zero attached hydrogens (tertiary/aromatic N) is 3. The molecule has 2 fully saturated rings. The summed E-state index contributed by atoms with van der Waals surface area (Å²) in [5, 5.41) is 2.85. The molecule has 0 spiro atoms. The molecule has 2 aliphatic rings. The zero-order valence-electron chi connectivity index (χ0n) is 20.3. The van der Waals surface area contributed by atoms with Gasteiger partial charge in [-0.25, -0.2) is 18.4 Å². The van der Waals surface area contributed by atoms with Crippen LogP contribution >= 0.6 is 0 Å². The third-order valence-electron chi connectivity index (χ3n) is 6.71. The molecule has 188 valence electrons. The van der Waals surface area contributed by atoms with Gasteiger partial charge in [0.2, 0.25) is 0 Å². The number of sulfone groups is 1. The molecule has 2 aliphatic carbocycles. The summed E-state index contributed by atoms with van der Waals surface area (Å²) in [5.74, 6) is 0.764. The van der Waals surface area contributed by atoms with Crippen LogP contribution < -0.4 is 10.2 Å². The highest BCUT2D eigenvalue weighted by molar-refractivity contribution is 7.90. The Morgan fingerprint density at radius 3 is 2.40 bits per heavy atom. The average molecular weight is 499 g/mol. The summed E-state index contributed by atoms with van der Waals surface area (Å²) < 4.78 is 24.4. The first-order chi connectivity index (χ1) is 16.8. The molecule has 9 heteroatoms. The number of Topliss-reactive ketones (excluding diaryl/α,β-unsaturated/α-hetero) is 1. The molecule has 1 N–H and O–H groups in total. The molecule has 35 heavy (non-hydrogen) atoms. The fraction of sp³-hybridized carbons (Fsp3) is 0.538. The Balaban J connectivity index is 1.40. The Labute approximate surface area is 207 Å². The Morgan fingerprint density at radius 2 is 1.74 bits per heavy atom. The predicted octanol–water partition coefficient (Wildman–Crippen LogP) is 4.17. The maximum Gasteiger partial charge on any atom is 0.274 e. The van der Waals surface area contributed by atoms with Crippen LogP contribution in [-0.2, 0) is 20.4 Å². The van der Waals surface area contributed by atoms with Crippen molar-refractivity contribution in [2.24, 2.45) is 5.92 Å². The van der Waals surface area contributed by atoms with Gasteiger partial charge in [0.25, 0.3) is 5.91 Å². The first kappa shape index (κ1) is 25.3. The van der Waals surface area contributed by atoms with Gasteiger partial charge in [0.05, 0.1) is 11.5 Å². The number of anilines is 2. The van der Waals surface area contributed by atoms with Gasteiger partial charge in [0, 0.05) is 30.8 Å². The second-order valence-corrected chi connectivity index (χ2v) is 12.0. The van der Waals surface area contributed by atoms with E-state index in [2.05, 4.69) is 20.2 Å². The largest absolute Gasteiger partial charge is 0.353 e. The summed E-state index contributed by atoms with van der Waals surface area (Å²) in [5.41, 5.74) is 1.48. The second kappa shape index (κ2) is 11.3. The molecule has 4 rings (SSSR count). The minimum atomic E-state index is -3.37. The first-order valence-electron chi connectivity index (χ1n) is 12.5. The maximum absolute atomic E-state index is 12.9. The molecule has 1 amide bonds. The molecular weight excluding hydrogens is 464 g/mol. The second-order valence-electron chi connectivity index (χ2n) is 9.84. The third-order valence-corrected chi connectivity index (χ3v) is 8.31. The lowest BCUT2D eigenvalue weighted by atomic mass is 9.94. The molecule has 0 atom stereocenters. The molecular formula is C26H34N4O4S. The van der Waals surface area contributed by atoms with Gasteiger partial charge in [0.15, 0.2) is 9.84 Å². The Kier molecular flexibility index (Phi) is 8.15. The van der Waals surface area contributed by atoms with Crippen LogP contribution in [0.3, 0.4) is 0 Å². The fourth-order valence-corrected chi connectivity index (χ4v) is 5.98. The van der Waals surface area contributed by atoms with Crippen molar-refractivity contribution in [3.8, 4) is 0 Å². The fourth-order valence-electron chi connectivity index (χ4n) is 4.53. The molecule has 8 nitrogen and oxygen atoms in total. The summed E-state index contributed by atoms with van der Waals surface area (Å²) in [6.45, 7) is 2.37. The maximum atomic E-state index is 12.9. The summed E-state index contributed by atoms with van der Waals surface area (Å²) in [6, 6.07) is 8.95. The van der Waals surface area contributed by atoms with Crippen molar-refractivity contribution in [1.82, 2.24) is 9.97 Å². The number of nitrogens with one attached hydrogen (secondary N) is 1. The number of aromatic nitrogens is 2. The summed E-state index contributed by atoms with van der Waals surface area (Å²) in [7, 11) is -3.37. The molecule has 2 aromatic rings. The highest BCUT2D eigenvalue weighted by atomic mass is 32.2. The van der Waals surface area contributed by atoms with Crippen molar-refractivity contribution in [3.63, 3.8) is 0 Å². The average Bonchev–Trinajstić information content (AvgIpc) is 3.67. The lowest BCUT2D eigenvalue weighted by Gasteiger charge is -2.35. The molecule has 1 heterocycles. The van der Waals surface area contributed by atoms with Crippen LogP contribution in [0.1, 0.15) is 74.3 Å². The number of hydrogen-bond acceptors (Lipinski definition) is 7. The minimum absolute atomic E-state index is 0.0240. The van der Waals surface area contributed by atoms with Crippen LogP contribution in [0.15, 0.2) is 36.7 Å². The van der Waals surface area contributed by atoms with E-state index in [0.29, 0.717) is 28.9 Å². The van der Waals surface area contributed by atoms with E-state index in [1.54, 1.807) is 30.3 Å². The SMILES string of the molecule is CC(=O)CCS(=O)(=O)Cc1ccc(NC(=O)c2cc(N(CC3CC3)C3CCCCC3)ncn2)cc1. The van der Waals surface area contributed by atoms with E-state index in [1.165, 1.54) is 45.4 Å². The highest BCUT2D eigenvalue weighted by Crippen LogP contribution is 2.34. The van der Waals surface area contributed by atoms with E-state index in [4.69, 9.17) is 0 Å². The zero-order valence-corrected chi connectivity index (χ0v) is 21.1. The van der Waals surface area contributed by atoms with Crippen molar-refractivity contribution in [2.75, 3.05) is 22.5 Å². The highest BCUT2D eigenvalue weighted by Gasteiger charge is 2.30. The number of carbonyl (C=O) groups excluding carboxylic acids is 2. The monoisotopic (exact) mass is 498 g/mol. The Morgan fingerprint density at radius 1 is 1.03 bits per heavy atom. The molecule has 0 radical (unpaired) electrons. The van der Waals surface area contributed by atoms with Crippen molar-refractivity contribution in [2.45, 2.75) is 70.1 Å². The Bertz CT molecular complexity index is 1140. The van der Waals surface area contributed by atoms with E-state index in [9.17, 15) is 18.0 Å². The van der Waals surface area contributed by atoms with E-state index >= 15 is 0 Å².